The largest absolute Gasteiger partial charge is 0.493 e. The molecular weight excluding hydrogens is 492 g/mol. The normalized spacial score (nSPS) is 18.9. The van der Waals surface area contributed by atoms with Crippen molar-refractivity contribution in [1.82, 2.24) is 10.2 Å². The summed E-state index contributed by atoms with van der Waals surface area (Å²) in [4.78, 5) is 27.9. The van der Waals surface area contributed by atoms with E-state index in [4.69, 9.17) is 9.47 Å². The van der Waals surface area contributed by atoms with Gasteiger partial charge < -0.3 is 19.7 Å². The molecule has 2 aromatic carbocycles. The van der Waals surface area contributed by atoms with Crippen LogP contribution in [0.2, 0.25) is 0 Å². The molecule has 1 fully saturated rings. The lowest BCUT2D eigenvalue weighted by molar-refractivity contribution is 0.0643. The molecule has 0 aliphatic carbocycles. The molecule has 0 radical (unpaired) electrons. The number of hydrogen-bond acceptors (Lipinski definition) is 6. The van der Waals surface area contributed by atoms with Gasteiger partial charge >= 0.3 is 0 Å². The van der Waals surface area contributed by atoms with Crippen LogP contribution in [0.3, 0.4) is 0 Å². The molecule has 1 aliphatic rings. The summed E-state index contributed by atoms with van der Waals surface area (Å²) < 4.78 is 36.1. The van der Waals surface area contributed by atoms with E-state index in [1.807, 2.05) is 40.7 Å². The molecule has 2 aromatic rings. The Morgan fingerprint density at radius 3 is 2.19 bits per heavy atom. The van der Waals surface area contributed by atoms with E-state index < -0.39 is 15.8 Å². The van der Waals surface area contributed by atoms with Crippen LogP contribution in [0, 0.1) is 0 Å². The summed E-state index contributed by atoms with van der Waals surface area (Å²) in [5.74, 6) is 0.218. The Morgan fingerprint density at radius 2 is 1.62 bits per heavy atom. The first-order chi connectivity index (χ1) is 17.5. The van der Waals surface area contributed by atoms with Gasteiger partial charge in [-0.1, -0.05) is 6.07 Å². The molecule has 0 saturated carbocycles. The standard InChI is InChI=1S/C28H38N2O6S/c1-7-36-26-16-22(12-13-25(26)35-6)23-17-37(33,34)15-14-24(23)29-27(31)20-8-10-21(11-9-20)28(32)30(18(2)3)19(4)5/h8-13,16,18-19,23-24H,7,14-15,17H2,1-6H3,(H,29,31)/t23-,24-/m1/s1. The first kappa shape index (κ1) is 28.5. The summed E-state index contributed by atoms with van der Waals surface area (Å²) in [5, 5.41) is 3.04. The number of benzene rings is 2. The number of methoxy groups -OCH3 is 1. The van der Waals surface area contributed by atoms with Crippen LogP contribution in [0.25, 0.3) is 0 Å². The molecule has 1 aliphatic heterocycles. The minimum absolute atomic E-state index is 0.0105. The van der Waals surface area contributed by atoms with Gasteiger partial charge in [0.1, 0.15) is 0 Å². The molecule has 202 valence electrons. The fourth-order valence-electron chi connectivity index (χ4n) is 4.90. The van der Waals surface area contributed by atoms with Crippen LogP contribution in [0.1, 0.15) is 73.2 Å². The second-order valence-corrected chi connectivity index (χ2v) is 12.1. The second kappa shape index (κ2) is 12.0. The van der Waals surface area contributed by atoms with Gasteiger partial charge in [0.05, 0.1) is 25.2 Å². The minimum Gasteiger partial charge on any atom is -0.493 e. The van der Waals surface area contributed by atoms with Crippen LogP contribution in [-0.4, -0.2) is 68.5 Å². The lowest BCUT2D eigenvalue weighted by atomic mass is 9.90. The SMILES string of the molecule is CCOc1cc([C@H]2CS(=O)(=O)CC[C@H]2NC(=O)c2ccc(C(=O)N(C(C)C)C(C)C)cc2)ccc1OC. The molecular formula is C28H38N2O6S. The van der Waals surface area contributed by atoms with E-state index in [2.05, 4.69) is 5.32 Å². The molecule has 1 N–H and O–H groups in total. The molecule has 0 unspecified atom stereocenters. The van der Waals surface area contributed by atoms with E-state index in [0.29, 0.717) is 35.7 Å². The van der Waals surface area contributed by atoms with Crippen molar-refractivity contribution in [1.29, 1.82) is 0 Å². The van der Waals surface area contributed by atoms with Crippen molar-refractivity contribution in [3.05, 3.63) is 59.2 Å². The zero-order valence-electron chi connectivity index (χ0n) is 22.5. The average molecular weight is 531 g/mol. The van der Waals surface area contributed by atoms with E-state index >= 15 is 0 Å². The third kappa shape index (κ3) is 6.83. The highest BCUT2D eigenvalue weighted by Gasteiger charge is 2.36. The number of nitrogens with one attached hydrogen (secondary N) is 1. The quantitative estimate of drug-likeness (QED) is 0.525. The number of carbonyl (C=O) groups excluding carboxylic acids is 2. The van der Waals surface area contributed by atoms with Crippen LogP contribution >= 0.6 is 0 Å². The Bertz CT molecular complexity index is 1200. The fraction of sp³-hybridized carbons (Fsp3) is 0.500. The highest BCUT2D eigenvalue weighted by Crippen LogP contribution is 2.35. The van der Waals surface area contributed by atoms with Gasteiger partial charge in [-0.15, -0.1) is 0 Å². The number of rotatable bonds is 9. The topological polar surface area (TPSA) is 102 Å². The Morgan fingerprint density at radius 1 is 1.00 bits per heavy atom. The summed E-state index contributed by atoms with van der Waals surface area (Å²) >= 11 is 0. The van der Waals surface area contributed by atoms with Gasteiger partial charge in [0, 0.05) is 35.2 Å². The van der Waals surface area contributed by atoms with E-state index in [1.165, 1.54) is 0 Å². The zero-order valence-corrected chi connectivity index (χ0v) is 23.3. The molecule has 1 heterocycles. The maximum atomic E-state index is 13.2. The van der Waals surface area contributed by atoms with Gasteiger partial charge in [-0.25, -0.2) is 8.42 Å². The smallest absolute Gasteiger partial charge is 0.254 e. The highest BCUT2D eigenvalue weighted by molar-refractivity contribution is 7.91. The summed E-state index contributed by atoms with van der Waals surface area (Å²) in [6, 6.07) is 11.7. The van der Waals surface area contributed by atoms with Crippen molar-refractivity contribution in [2.24, 2.45) is 0 Å². The third-order valence-corrected chi connectivity index (χ3v) is 8.36. The van der Waals surface area contributed by atoms with Crippen molar-refractivity contribution in [2.45, 2.75) is 65.1 Å². The average Bonchev–Trinajstić information content (AvgIpc) is 2.84. The Hall–Kier alpha value is -3.07. The summed E-state index contributed by atoms with van der Waals surface area (Å²) in [5.41, 5.74) is 1.69. The lowest BCUT2D eigenvalue weighted by Crippen LogP contribution is -2.46. The number of sulfone groups is 1. The molecule has 2 atom stereocenters. The fourth-order valence-corrected chi connectivity index (χ4v) is 6.66. The van der Waals surface area contributed by atoms with Gasteiger partial charge in [-0.2, -0.15) is 0 Å². The van der Waals surface area contributed by atoms with Crippen LogP contribution in [-0.2, 0) is 9.84 Å². The number of carbonyl (C=O) groups is 2. The van der Waals surface area contributed by atoms with Gasteiger partial charge in [0.2, 0.25) is 0 Å². The van der Waals surface area contributed by atoms with Crippen molar-refractivity contribution >= 4 is 21.7 Å². The summed E-state index contributed by atoms with van der Waals surface area (Å²) in [7, 11) is -1.71. The van der Waals surface area contributed by atoms with Crippen LogP contribution in [0.5, 0.6) is 11.5 Å². The summed E-state index contributed by atoms with van der Waals surface area (Å²) in [6.07, 6.45) is 0.309. The van der Waals surface area contributed by atoms with Crippen molar-refractivity contribution in [3.8, 4) is 11.5 Å². The summed E-state index contributed by atoms with van der Waals surface area (Å²) in [6.45, 7) is 10.2. The van der Waals surface area contributed by atoms with Crippen molar-refractivity contribution < 1.29 is 27.5 Å². The molecule has 0 aromatic heterocycles. The van der Waals surface area contributed by atoms with Gasteiger partial charge in [-0.05, 0) is 83.0 Å². The molecule has 0 bridgehead atoms. The Kier molecular flexibility index (Phi) is 9.23. The molecule has 8 nitrogen and oxygen atoms in total. The Balaban J connectivity index is 1.82. The van der Waals surface area contributed by atoms with E-state index in [9.17, 15) is 18.0 Å². The number of amides is 2. The van der Waals surface area contributed by atoms with Crippen LogP contribution in [0.15, 0.2) is 42.5 Å². The highest BCUT2D eigenvalue weighted by atomic mass is 32.2. The zero-order chi connectivity index (χ0) is 27.3. The maximum Gasteiger partial charge on any atom is 0.254 e. The first-order valence-electron chi connectivity index (χ1n) is 12.7. The molecule has 9 heteroatoms. The lowest BCUT2D eigenvalue weighted by Gasteiger charge is -2.33. The van der Waals surface area contributed by atoms with E-state index in [0.717, 1.165) is 5.56 Å². The van der Waals surface area contributed by atoms with Crippen molar-refractivity contribution in [3.63, 3.8) is 0 Å². The number of ether oxygens (including phenoxy) is 2. The molecule has 0 spiro atoms. The predicted octanol–water partition coefficient (Wildman–Crippen LogP) is 4.05. The van der Waals surface area contributed by atoms with E-state index in [-0.39, 0.29) is 41.4 Å². The molecule has 1 saturated heterocycles. The maximum absolute atomic E-state index is 13.2. The van der Waals surface area contributed by atoms with Crippen LogP contribution in [0.4, 0.5) is 0 Å². The second-order valence-electron chi connectivity index (χ2n) is 9.91. The number of nitrogens with zero attached hydrogens (tertiary/aromatic N) is 1. The monoisotopic (exact) mass is 530 g/mol. The van der Waals surface area contributed by atoms with Gasteiger partial charge in [-0.3, -0.25) is 9.59 Å². The van der Waals surface area contributed by atoms with Crippen LogP contribution < -0.4 is 14.8 Å². The van der Waals surface area contributed by atoms with Crippen molar-refractivity contribution in [2.75, 3.05) is 25.2 Å². The van der Waals surface area contributed by atoms with E-state index in [1.54, 1.807) is 48.4 Å². The third-order valence-electron chi connectivity index (χ3n) is 6.63. The molecule has 37 heavy (non-hydrogen) atoms. The predicted molar refractivity (Wildman–Crippen MR) is 144 cm³/mol. The van der Waals surface area contributed by atoms with Gasteiger partial charge in [0.15, 0.2) is 21.3 Å². The van der Waals surface area contributed by atoms with Gasteiger partial charge in [0.25, 0.3) is 11.8 Å². The first-order valence-corrected chi connectivity index (χ1v) is 14.5. The minimum atomic E-state index is -3.26. The number of hydrogen-bond donors (Lipinski definition) is 1. The molecule has 2 amide bonds. The molecule has 3 rings (SSSR count). The Labute approximate surface area is 220 Å².